The highest BCUT2D eigenvalue weighted by atomic mass is 79.9. The van der Waals surface area contributed by atoms with Gasteiger partial charge in [0.2, 0.25) is 0 Å². The zero-order chi connectivity index (χ0) is 14.8. The van der Waals surface area contributed by atoms with Gasteiger partial charge in [0.05, 0.1) is 12.6 Å². The molecule has 1 amide bonds. The van der Waals surface area contributed by atoms with Crippen LogP contribution in [0.5, 0.6) is 5.75 Å². The van der Waals surface area contributed by atoms with Gasteiger partial charge in [0.15, 0.2) is 6.61 Å². The monoisotopic (exact) mass is 346 g/mol. The molecule has 1 aliphatic rings. The van der Waals surface area contributed by atoms with E-state index >= 15 is 0 Å². The Hall–Kier alpha value is -1.88. The van der Waals surface area contributed by atoms with Gasteiger partial charge in [0.1, 0.15) is 5.75 Å². The lowest BCUT2D eigenvalue weighted by Gasteiger charge is -2.27. The lowest BCUT2D eigenvalue weighted by atomic mass is 10.1. The molecule has 0 fully saturated rings. The van der Waals surface area contributed by atoms with Gasteiger partial charge >= 0.3 is 0 Å². The van der Waals surface area contributed by atoms with Crippen molar-refractivity contribution in [1.82, 2.24) is 9.88 Å². The number of halogens is 1. The maximum Gasteiger partial charge on any atom is 0.261 e. The summed E-state index contributed by atoms with van der Waals surface area (Å²) >= 11 is 3.47. The van der Waals surface area contributed by atoms with Crippen molar-refractivity contribution >= 4 is 21.8 Å². The van der Waals surface area contributed by atoms with E-state index in [1.807, 2.05) is 42.2 Å². The number of hydrogen-bond acceptors (Lipinski definition) is 3. The minimum absolute atomic E-state index is 0.00775. The molecule has 0 saturated carbocycles. The van der Waals surface area contributed by atoms with Gasteiger partial charge in [-0.1, -0.05) is 15.9 Å². The van der Waals surface area contributed by atoms with E-state index in [1.54, 1.807) is 12.4 Å². The summed E-state index contributed by atoms with van der Waals surface area (Å²) in [6.45, 7) is 2.64. The molecule has 21 heavy (non-hydrogen) atoms. The molecule has 5 heteroatoms. The molecule has 0 radical (unpaired) electrons. The molecule has 1 aliphatic heterocycles. The highest BCUT2D eigenvalue weighted by Crippen LogP contribution is 2.30. The molecule has 1 aromatic carbocycles. The molecule has 1 atom stereocenters. The van der Waals surface area contributed by atoms with Crippen molar-refractivity contribution in [3.05, 3.63) is 58.3 Å². The number of benzene rings is 1. The van der Waals surface area contributed by atoms with Crippen molar-refractivity contribution in [1.29, 1.82) is 0 Å². The van der Waals surface area contributed by atoms with Crippen LogP contribution >= 0.6 is 15.9 Å². The van der Waals surface area contributed by atoms with Crippen LogP contribution in [0.2, 0.25) is 0 Å². The van der Waals surface area contributed by atoms with Crippen LogP contribution in [0.15, 0.2) is 47.2 Å². The van der Waals surface area contributed by atoms with Crippen LogP contribution in [0.25, 0.3) is 0 Å². The number of carbonyl (C=O) groups is 1. The molecule has 1 unspecified atom stereocenters. The molecule has 0 spiro atoms. The molecule has 2 aromatic rings. The highest BCUT2D eigenvalue weighted by Gasteiger charge is 2.26. The van der Waals surface area contributed by atoms with Crippen LogP contribution in [0.4, 0.5) is 0 Å². The van der Waals surface area contributed by atoms with E-state index in [2.05, 4.69) is 20.9 Å². The number of fused-ring (bicyclic) bond motifs is 1. The average Bonchev–Trinajstić information content (AvgIpc) is 2.67. The highest BCUT2D eigenvalue weighted by molar-refractivity contribution is 9.10. The zero-order valence-corrected chi connectivity index (χ0v) is 13.2. The fraction of sp³-hybridized carbons (Fsp3) is 0.250. The first-order valence-electron chi connectivity index (χ1n) is 6.76. The quantitative estimate of drug-likeness (QED) is 0.837. The van der Waals surface area contributed by atoms with Crippen molar-refractivity contribution in [3.63, 3.8) is 0 Å². The van der Waals surface area contributed by atoms with Crippen LogP contribution in [0.1, 0.15) is 24.1 Å². The van der Waals surface area contributed by atoms with Gasteiger partial charge in [-0.05, 0) is 42.8 Å². The molecule has 4 nitrogen and oxygen atoms in total. The molecule has 0 bridgehead atoms. The third kappa shape index (κ3) is 2.93. The second-order valence-electron chi connectivity index (χ2n) is 5.02. The van der Waals surface area contributed by atoms with Gasteiger partial charge in [-0.15, -0.1) is 0 Å². The Kier molecular flexibility index (Phi) is 3.92. The van der Waals surface area contributed by atoms with Crippen LogP contribution in [0.3, 0.4) is 0 Å². The number of rotatable bonds is 2. The van der Waals surface area contributed by atoms with Gasteiger partial charge in [0, 0.05) is 22.4 Å². The van der Waals surface area contributed by atoms with Crippen LogP contribution in [-0.2, 0) is 11.3 Å². The summed E-state index contributed by atoms with van der Waals surface area (Å²) in [6.07, 6.45) is 3.49. The van der Waals surface area contributed by atoms with E-state index in [0.29, 0.717) is 6.54 Å². The Morgan fingerprint density at radius 2 is 2.05 bits per heavy atom. The average molecular weight is 347 g/mol. The summed E-state index contributed by atoms with van der Waals surface area (Å²) in [4.78, 5) is 18.2. The first-order chi connectivity index (χ1) is 10.1. The number of ether oxygens (including phenoxy) is 1. The number of aromatic nitrogens is 1. The summed E-state index contributed by atoms with van der Waals surface area (Å²) < 4.78 is 6.59. The molecule has 1 aromatic heterocycles. The van der Waals surface area contributed by atoms with Crippen molar-refractivity contribution in [2.45, 2.75) is 19.5 Å². The Labute approximate surface area is 131 Å². The lowest BCUT2D eigenvalue weighted by molar-refractivity contribution is -0.135. The molecule has 0 N–H and O–H groups in total. The predicted molar refractivity (Wildman–Crippen MR) is 82.8 cm³/mol. The fourth-order valence-corrected chi connectivity index (χ4v) is 2.89. The number of carbonyl (C=O) groups excluding carboxylic acids is 1. The number of hydrogen-bond donors (Lipinski definition) is 0. The van der Waals surface area contributed by atoms with Gasteiger partial charge in [0.25, 0.3) is 5.91 Å². The zero-order valence-electron chi connectivity index (χ0n) is 11.6. The first kappa shape index (κ1) is 14.1. The SMILES string of the molecule is CC(c1ccncc1)N1Cc2cc(Br)ccc2OCC1=O. The lowest BCUT2D eigenvalue weighted by Crippen LogP contribution is -2.34. The summed E-state index contributed by atoms with van der Waals surface area (Å²) in [6, 6.07) is 9.67. The maximum atomic E-state index is 12.4. The number of amides is 1. The van der Waals surface area contributed by atoms with Gasteiger partial charge in [-0.2, -0.15) is 0 Å². The second kappa shape index (κ2) is 5.85. The van der Waals surface area contributed by atoms with Crippen LogP contribution < -0.4 is 4.74 Å². The van der Waals surface area contributed by atoms with Gasteiger partial charge < -0.3 is 9.64 Å². The Morgan fingerprint density at radius 1 is 1.29 bits per heavy atom. The third-order valence-corrected chi connectivity index (χ3v) is 4.18. The Balaban J connectivity index is 1.93. The minimum atomic E-state index is -0.0194. The topological polar surface area (TPSA) is 42.4 Å². The maximum absolute atomic E-state index is 12.4. The van der Waals surface area contributed by atoms with Gasteiger partial charge in [-0.3, -0.25) is 9.78 Å². The second-order valence-corrected chi connectivity index (χ2v) is 5.93. The van der Waals surface area contributed by atoms with Crippen molar-refractivity contribution < 1.29 is 9.53 Å². The molecule has 0 aliphatic carbocycles. The Morgan fingerprint density at radius 3 is 2.81 bits per heavy atom. The van der Waals surface area contributed by atoms with Gasteiger partial charge in [-0.25, -0.2) is 0 Å². The molecule has 3 rings (SSSR count). The largest absolute Gasteiger partial charge is 0.483 e. The summed E-state index contributed by atoms with van der Waals surface area (Å²) in [5, 5.41) is 0. The van der Waals surface area contributed by atoms with E-state index in [9.17, 15) is 4.79 Å². The number of nitrogens with zero attached hydrogens (tertiary/aromatic N) is 2. The van der Waals surface area contributed by atoms with E-state index in [0.717, 1.165) is 21.3 Å². The summed E-state index contributed by atoms with van der Waals surface area (Å²) in [5.41, 5.74) is 2.08. The minimum Gasteiger partial charge on any atom is -0.483 e. The van der Waals surface area contributed by atoms with Crippen molar-refractivity contribution in [2.75, 3.05) is 6.61 Å². The molecule has 0 saturated heterocycles. The summed E-state index contributed by atoms with van der Waals surface area (Å²) in [5.74, 6) is 0.766. The summed E-state index contributed by atoms with van der Waals surface area (Å²) in [7, 11) is 0. The predicted octanol–water partition coefficient (Wildman–Crippen LogP) is 3.33. The fourth-order valence-electron chi connectivity index (χ4n) is 2.48. The molecular weight excluding hydrogens is 332 g/mol. The van der Waals surface area contributed by atoms with E-state index in [4.69, 9.17) is 4.74 Å². The van der Waals surface area contributed by atoms with Crippen LogP contribution in [0, 0.1) is 0 Å². The first-order valence-corrected chi connectivity index (χ1v) is 7.55. The third-order valence-electron chi connectivity index (χ3n) is 3.69. The molecule has 2 heterocycles. The molecule has 108 valence electrons. The normalized spacial score (nSPS) is 15.9. The number of pyridine rings is 1. The van der Waals surface area contributed by atoms with E-state index in [1.165, 1.54) is 0 Å². The van der Waals surface area contributed by atoms with Crippen molar-refractivity contribution in [3.8, 4) is 5.75 Å². The van der Waals surface area contributed by atoms with E-state index < -0.39 is 0 Å². The van der Waals surface area contributed by atoms with E-state index in [-0.39, 0.29) is 18.6 Å². The smallest absolute Gasteiger partial charge is 0.261 e. The van der Waals surface area contributed by atoms with Crippen LogP contribution in [-0.4, -0.2) is 22.4 Å². The van der Waals surface area contributed by atoms with Crippen molar-refractivity contribution in [2.24, 2.45) is 0 Å². The standard InChI is InChI=1S/C16H15BrN2O2/c1-11(12-4-6-18-7-5-12)19-9-13-8-14(17)2-3-15(13)21-10-16(19)20/h2-8,11H,9-10H2,1H3. The molecular formula is C16H15BrN2O2. The Bertz CT molecular complexity index is 661.